The van der Waals surface area contributed by atoms with Crippen molar-refractivity contribution in [3.05, 3.63) is 22.7 Å². The van der Waals surface area contributed by atoms with Gasteiger partial charge in [0, 0.05) is 4.47 Å². The molecule has 2 atom stereocenters. The van der Waals surface area contributed by atoms with Crippen LogP contribution in [-0.2, 0) is 4.74 Å². The number of amides is 1. The van der Waals surface area contributed by atoms with E-state index in [2.05, 4.69) is 15.9 Å². The second-order valence-electron chi connectivity index (χ2n) is 3.72. The SMILES string of the molecule is NC(=O)Oc1ccc(Br)cc1OC[C@H]1O[C@H]1CO. The van der Waals surface area contributed by atoms with Crippen molar-refractivity contribution in [3.63, 3.8) is 0 Å². The van der Waals surface area contributed by atoms with Gasteiger partial charge in [-0.2, -0.15) is 0 Å². The highest BCUT2D eigenvalue weighted by Gasteiger charge is 2.38. The molecule has 1 saturated heterocycles. The topological polar surface area (TPSA) is 94.3 Å². The van der Waals surface area contributed by atoms with E-state index in [4.69, 9.17) is 25.1 Å². The normalized spacial score (nSPS) is 21.4. The number of halogens is 1. The fourth-order valence-corrected chi connectivity index (χ4v) is 1.79. The van der Waals surface area contributed by atoms with Crippen molar-refractivity contribution in [2.24, 2.45) is 5.73 Å². The highest BCUT2D eigenvalue weighted by molar-refractivity contribution is 9.10. The maximum absolute atomic E-state index is 10.7. The van der Waals surface area contributed by atoms with Gasteiger partial charge >= 0.3 is 6.09 Å². The van der Waals surface area contributed by atoms with Crippen LogP contribution >= 0.6 is 15.9 Å². The molecular weight excluding hydrogens is 306 g/mol. The summed E-state index contributed by atoms with van der Waals surface area (Å²) in [5, 5.41) is 8.82. The molecule has 0 aromatic heterocycles. The quantitative estimate of drug-likeness (QED) is 0.791. The number of benzene rings is 1. The average Bonchev–Trinajstić information content (AvgIpc) is 3.07. The van der Waals surface area contributed by atoms with E-state index in [1.165, 1.54) is 0 Å². The molecule has 1 aromatic carbocycles. The molecule has 0 spiro atoms. The van der Waals surface area contributed by atoms with Crippen molar-refractivity contribution in [1.29, 1.82) is 0 Å². The molecule has 1 amide bonds. The van der Waals surface area contributed by atoms with Crippen molar-refractivity contribution >= 4 is 22.0 Å². The first-order valence-corrected chi connectivity index (χ1v) is 6.05. The first-order chi connectivity index (χ1) is 8.60. The molecule has 1 heterocycles. The van der Waals surface area contributed by atoms with Gasteiger partial charge in [0.15, 0.2) is 11.5 Å². The molecule has 2 rings (SSSR count). The highest BCUT2D eigenvalue weighted by Crippen LogP contribution is 2.32. The van der Waals surface area contributed by atoms with Crippen LogP contribution in [0.2, 0.25) is 0 Å². The number of epoxide rings is 1. The van der Waals surface area contributed by atoms with Crippen molar-refractivity contribution in [3.8, 4) is 11.5 Å². The Hall–Kier alpha value is -1.31. The Bertz CT molecular complexity index is 453. The van der Waals surface area contributed by atoms with Gasteiger partial charge in [0.25, 0.3) is 0 Å². The molecule has 3 N–H and O–H groups in total. The van der Waals surface area contributed by atoms with Crippen LogP contribution in [-0.4, -0.2) is 36.6 Å². The summed E-state index contributed by atoms with van der Waals surface area (Å²) >= 11 is 3.29. The summed E-state index contributed by atoms with van der Waals surface area (Å²) in [5.41, 5.74) is 4.96. The smallest absolute Gasteiger partial charge is 0.410 e. The minimum atomic E-state index is -0.905. The van der Waals surface area contributed by atoms with E-state index in [-0.39, 0.29) is 31.2 Å². The largest absolute Gasteiger partial charge is 0.487 e. The molecule has 0 aliphatic carbocycles. The Morgan fingerprint density at radius 1 is 1.44 bits per heavy atom. The fourth-order valence-electron chi connectivity index (χ4n) is 1.45. The van der Waals surface area contributed by atoms with Gasteiger partial charge in [0.1, 0.15) is 18.8 Å². The average molecular weight is 318 g/mol. The summed E-state index contributed by atoms with van der Waals surface area (Å²) in [7, 11) is 0. The Kier molecular flexibility index (Phi) is 4.05. The molecule has 1 fully saturated rings. The number of nitrogens with two attached hydrogens (primary N) is 1. The lowest BCUT2D eigenvalue weighted by molar-refractivity contribution is 0.205. The number of primary amides is 1. The van der Waals surface area contributed by atoms with E-state index >= 15 is 0 Å². The number of ether oxygens (including phenoxy) is 3. The molecule has 0 unspecified atom stereocenters. The summed E-state index contributed by atoms with van der Waals surface area (Å²) < 4.78 is 16.2. The second kappa shape index (κ2) is 5.55. The zero-order valence-electron chi connectivity index (χ0n) is 9.34. The van der Waals surface area contributed by atoms with E-state index in [0.717, 1.165) is 4.47 Å². The standard InChI is InChI=1S/C11H12BrNO5/c12-6-1-2-7(18-11(13)15)8(3-6)16-5-10-9(4-14)17-10/h1-3,9-10,14H,4-5H2,(H2,13,15)/t9-,10+/m0/s1. The van der Waals surface area contributed by atoms with Crippen molar-refractivity contribution in [2.75, 3.05) is 13.2 Å². The molecule has 1 aliphatic heterocycles. The number of rotatable bonds is 5. The fraction of sp³-hybridized carbons (Fsp3) is 0.364. The third-order valence-corrected chi connectivity index (χ3v) is 2.88. The van der Waals surface area contributed by atoms with E-state index in [1.54, 1.807) is 18.2 Å². The summed E-state index contributed by atoms with van der Waals surface area (Å²) in [6.07, 6.45) is -1.20. The van der Waals surface area contributed by atoms with Gasteiger partial charge in [0.05, 0.1) is 6.61 Å². The van der Waals surface area contributed by atoms with Gasteiger partial charge in [0.2, 0.25) is 0 Å². The first kappa shape index (κ1) is 13.1. The number of carbonyl (C=O) groups excluding carboxylic acids is 1. The number of aliphatic hydroxyl groups is 1. The summed E-state index contributed by atoms with van der Waals surface area (Å²) in [6, 6.07) is 4.94. The minimum Gasteiger partial charge on any atom is -0.487 e. The van der Waals surface area contributed by atoms with Gasteiger partial charge in [-0.05, 0) is 18.2 Å². The van der Waals surface area contributed by atoms with Crippen LogP contribution in [0.15, 0.2) is 22.7 Å². The van der Waals surface area contributed by atoms with Gasteiger partial charge in [-0.25, -0.2) is 4.79 Å². The summed E-state index contributed by atoms with van der Waals surface area (Å²) in [6.45, 7) is 0.244. The number of hydrogen-bond donors (Lipinski definition) is 2. The zero-order chi connectivity index (χ0) is 13.1. The van der Waals surface area contributed by atoms with Crippen LogP contribution in [0.1, 0.15) is 0 Å². The Balaban J connectivity index is 2.00. The van der Waals surface area contributed by atoms with Gasteiger partial charge in [-0.1, -0.05) is 15.9 Å². The lowest BCUT2D eigenvalue weighted by Crippen LogP contribution is -2.17. The van der Waals surface area contributed by atoms with E-state index in [1.807, 2.05) is 0 Å². The number of carbonyl (C=O) groups is 1. The third kappa shape index (κ3) is 3.34. The number of aliphatic hydroxyl groups excluding tert-OH is 1. The first-order valence-electron chi connectivity index (χ1n) is 5.26. The monoisotopic (exact) mass is 317 g/mol. The van der Waals surface area contributed by atoms with Crippen molar-refractivity contribution in [2.45, 2.75) is 12.2 Å². The summed E-state index contributed by atoms with van der Waals surface area (Å²) in [5.74, 6) is 0.627. The van der Waals surface area contributed by atoms with Crippen LogP contribution in [0.3, 0.4) is 0 Å². The molecule has 6 nitrogen and oxygen atoms in total. The molecule has 0 bridgehead atoms. The third-order valence-electron chi connectivity index (χ3n) is 2.39. The molecule has 98 valence electrons. The number of hydrogen-bond acceptors (Lipinski definition) is 5. The van der Waals surface area contributed by atoms with Crippen LogP contribution in [0, 0.1) is 0 Å². The summed E-state index contributed by atoms with van der Waals surface area (Å²) in [4.78, 5) is 10.7. The van der Waals surface area contributed by atoms with Crippen LogP contribution in [0.25, 0.3) is 0 Å². The van der Waals surface area contributed by atoms with Crippen molar-refractivity contribution in [1.82, 2.24) is 0 Å². The van der Waals surface area contributed by atoms with Gasteiger partial charge < -0.3 is 25.1 Å². The molecule has 1 aliphatic rings. The predicted molar refractivity (Wildman–Crippen MR) is 65.6 cm³/mol. The second-order valence-corrected chi connectivity index (χ2v) is 4.63. The lowest BCUT2D eigenvalue weighted by atomic mass is 10.3. The Morgan fingerprint density at radius 2 is 2.22 bits per heavy atom. The van der Waals surface area contributed by atoms with E-state index in [0.29, 0.717) is 5.75 Å². The minimum absolute atomic E-state index is 0.0306. The van der Waals surface area contributed by atoms with Crippen LogP contribution in [0.4, 0.5) is 4.79 Å². The van der Waals surface area contributed by atoms with Crippen molar-refractivity contribution < 1.29 is 24.1 Å². The molecule has 18 heavy (non-hydrogen) atoms. The zero-order valence-corrected chi connectivity index (χ0v) is 10.9. The maximum atomic E-state index is 10.7. The highest BCUT2D eigenvalue weighted by atomic mass is 79.9. The molecule has 1 aromatic rings. The van der Waals surface area contributed by atoms with Gasteiger partial charge in [-0.15, -0.1) is 0 Å². The molecule has 0 saturated carbocycles. The van der Waals surface area contributed by atoms with Crippen LogP contribution < -0.4 is 15.2 Å². The molecular formula is C11H12BrNO5. The van der Waals surface area contributed by atoms with E-state index < -0.39 is 6.09 Å². The predicted octanol–water partition coefficient (Wildman–Crippen LogP) is 1.05. The molecule has 7 heteroatoms. The van der Waals surface area contributed by atoms with Crippen LogP contribution in [0.5, 0.6) is 11.5 Å². The molecule has 0 radical (unpaired) electrons. The Labute approximate surface area is 112 Å². The lowest BCUT2D eigenvalue weighted by Gasteiger charge is -2.10. The maximum Gasteiger partial charge on any atom is 0.410 e. The van der Waals surface area contributed by atoms with E-state index in [9.17, 15) is 4.79 Å². The van der Waals surface area contributed by atoms with Gasteiger partial charge in [-0.3, -0.25) is 0 Å². The Morgan fingerprint density at radius 3 is 2.83 bits per heavy atom.